The number of aryl methyl sites for hydroxylation is 2. The Bertz CT molecular complexity index is 914. The summed E-state index contributed by atoms with van der Waals surface area (Å²) in [5, 5.41) is 4.67. The number of esters is 1. The number of ether oxygens (including phenoxy) is 1. The fraction of sp³-hybridized carbons (Fsp3) is 0.316. The number of para-hydroxylation sites is 1. The standard InChI is InChI=1S/C19H18N2O3/c1-12-10-13(24-21-12)11-23-19(22)18-14-6-2-4-8-16(14)20-17-9-5-3-7-15(17)18/h2,4,6,8,10H,3,5,7,9,11H2,1H3. The van der Waals surface area contributed by atoms with E-state index in [0.29, 0.717) is 11.3 Å². The van der Waals surface area contributed by atoms with Gasteiger partial charge in [-0.25, -0.2) is 4.79 Å². The van der Waals surface area contributed by atoms with Crippen LogP contribution in [0.15, 0.2) is 34.9 Å². The highest BCUT2D eigenvalue weighted by atomic mass is 16.5. The van der Waals surface area contributed by atoms with E-state index in [1.165, 1.54) is 0 Å². The van der Waals surface area contributed by atoms with Gasteiger partial charge < -0.3 is 9.26 Å². The van der Waals surface area contributed by atoms with Gasteiger partial charge in [0, 0.05) is 17.1 Å². The topological polar surface area (TPSA) is 65.2 Å². The molecule has 0 N–H and O–H groups in total. The molecular formula is C19H18N2O3. The predicted molar refractivity (Wildman–Crippen MR) is 88.7 cm³/mol. The van der Waals surface area contributed by atoms with E-state index in [4.69, 9.17) is 14.2 Å². The van der Waals surface area contributed by atoms with Crippen LogP contribution in [0.25, 0.3) is 10.9 Å². The van der Waals surface area contributed by atoms with Crippen LogP contribution in [0, 0.1) is 6.92 Å². The lowest BCUT2D eigenvalue weighted by molar-refractivity contribution is 0.0438. The van der Waals surface area contributed by atoms with E-state index in [-0.39, 0.29) is 12.6 Å². The second-order valence-electron chi connectivity index (χ2n) is 6.15. The predicted octanol–water partition coefficient (Wildman–Crippen LogP) is 3.77. The molecule has 5 nitrogen and oxygen atoms in total. The minimum Gasteiger partial charge on any atom is -0.454 e. The molecule has 0 fully saturated rings. The van der Waals surface area contributed by atoms with Gasteiger partial charge in [0.2, 0.25) is 0 Å². The smallest absolute Gasteiger partial charge is 0.339 e. The van der Waals surface area contributed by atoms with Crippen LogP contribution in [0.4, 0.5) is 0 Å². The quantitative estimate of drug-likeness (QED) is 0.687. The zero-order valence-electron chi connectivity index (χ0n) is 13.5. The zero-order chi connectivity index (χ0) is 16.5. The van der Waals surface area contributed by atoms with E-state index in [0.717, 1.165) is 53.5 Å². The van der Waals surface area contributed by atoms with Crippen molar-refractivity contribution < 1.29 is 14.1 Å². The highest BCUT2D eigenvalue weighted by molar-refractivity contribution is 6.05. The van der Waals surface area contributed by atoms with Crippen LogP contribution in [0.2, 0.25) is 0 Å². The van der Waals surface area contributed by atoms with E-state index >= 15 is 0 Å². The number of carbonyl (C=O) groups excluding carboxylic acids is 1. The lowest BCUT2D eigenvalue weighted by Crippen LogP contribution is -2.15. The van der Waals surface area contributed by atoms with Crippen molar-refractivity contribution in [1.82, 2.24) is 10.1 Å². The number of hydrogen-bond donors (Lipinski definition) is 0. The van der Waals surface area contributed by atoms with Gasteiger partial charge in [0.05, 0.1) is 16.8 Å². The normalized spacial score (nSPS) is 13.7. The number of pyridine rings is 1. The summed E-state index contributed by atoms with van der Waals surface area (Å²) in [6.07, 6.45) is 3.99. The summed E-state index contributed by atoms with van der Waals surface area (Å²) in [6, 6.07) is 9.52. The molecule has 5 heteroatoms. The maximum atomic E-state index is 12.8. The maximum Gasteiger partial charge on any atom is 0.339 e. The van der Waals surface area contributed by atoms with Gasteiger partial charge in [-0.05, 0) is 44.2 Å². The first-order valence-electron chi connectivity index (χ1n) is 8.22. The second kappa shape index (κ2) is 6.07. The van der Waals surface area contributed by atoms with E-state index in [1.54, 1.807) is 6.07 Å². The van der Waals surface area contributed by atoms with E-state index < -0.39 is 0 Å². The van der Waals surface area contributed by atoms with Crippen molar-refractivity contribution in [3.63, 3.8) is 0 Å². The molecule has 0 saturated heterocycles. The van der Waals surface area contributed by atoms with E-state index in [1.807, 2.05) is 31.2 Å². The van der Waals surface area contributed by atoms with E-state index in [9.17, 15) is 4.79 Å². The molecule has 0 atom stereocenters. The van der Waals surface area contributed by atoms with Crippen molar-refractivity contribution >= 4 is 16.9 Å². The Morgan fingerprint density at radius 3 is 2.92 bits per heavy atom. The molecule has 4 rings (SSSR count). The van der Waals surface area contributed by atoms with Gasteiger partial charge in [-0.15, -0.1) is 0 Å². The fourth-order valence-corrected chi connectivity index (χ4v) is 3.30. The Balaban J connectivity index is 1.72. The number of nitrogens with zero attached hydrogens (tertiary/aromatic N) is 2. The molecule has 0 unspecified atom stereocenters. The molecule has 24 heavy (non-hydrogen) atoms. The minimum atomic E-state index is -0.319. The number of fused-ring (bicyclic) bond motifs is 2. The number of benzene rings is 1. The van der Waals surface area contributed by atoms with Crippen molar-refractivity contribution in [2.45, 2.75) is 39.2 Å². The molecule has 1 aliphatic rings. The minimum absolute atomic E-state index is 0.0884. The summed E-state index contributed by atoms with van der Waals surface area (Å²) in [7, 11) is 0. The molecule has 122 valence electrons. The second-order valence-corrected chi connectivity index (χ2v) is 6.15. The monoisotopic (exact) mass is 322 g/mol. The van der Waals surface area contributed by atoms with Crippen LogP contribution < -0.4 is 0 Å². The van der Waals surface area contributed by atoms with Crippen LogP contribution in [0.5, 0.6) is 0 Å². The average Bonchev–Trinajstić information content (AvgIpc) is 3.03. The first kappa shape index (κ1) is 14.9. The fourth-order valence-electron chi connectivity index (χ4n) is 3.30. The number of carbonyl (C=O) groups is 1. The Morgan fingerprint density at radius 1 is 1.25 bits per heavy atom. The van der Waals surface area contributed by atoms with Crippen LogP contribution in [-0.4, -0.2) is 16.1 Å². The van der Waals surface area contributed by atoms with Crippen molar-refractivity contribution in [2.24, 2.45) is 0 Å². The first-order chi connectivity index (χ1) is 11.7. The Labute approximate surface area is 139 Å². The molecule has 2 heterocycles. The summed E-state index contributed by atoms with van der Waals surface area (Å²) in [6.45, 7) is 1.92. The van der Waals surface area contributed by atoms with Crippen molar-refractivity contribution in [3.05, 3.63) is 58.6 Å². The summed E-state index contributed by atoms with van der Waals surface area (Å²) < 4.78 is 10.6. The zero-order valence-corrected chi connectivity index (χ0v) is 13.5. The SMILES string of the molecule is Cc1cc(COC(=O)c2c3c(nc4ccccc24)CCCC3)on1. The van der Waals surface area contributed by atoms with Crippen LogP contribution in [0.3, 0.4) is 0 Å². The van der Waals surface area contributed by atoms with Gasteiger partial charge in [0.25, 0.3) is 0 Å². The molecule has 1 aliphatic carbocycles. The van der Waals surface area contributed by atoms with Gasteiger partial charge in [0.1, 0.15) is 0 Å². The third-order valence-corrected chi connectivity index (χ3v) is 4.40. The van der Waals surface area contributed by atoms with Gasteiger partial charge in [-0.2, -0.15) is 0 Å². The summed E-state index contributed by atoms with van der Waals surface area (Å²) in [5.74, 6) is 0.230. The van der Waals surface area contributed by atoms with Gasteiger partial charge in [-0.3, -0.25) is 4.98 Å². The van der Waals surface area contributed by atoms with Gasteiger partial charge >= 0.3 is 5.97 Å². The summed E-state index contributed by atoms with van der Waals surface area (Å²) >= 11 is 0. The van der Waals surface area contributed by atoms with Crippen LogP contribution in [-0.2, 0) is 24.2 Å². The Kier molecular flexibility index (Phi) is 3.76. The molecule has 0 bridgehead atoms. The third kappa shape index (κ3) is 2.66. The lowest BCUT2D eigenvalue weighted by Gasteiger charge is -2.19. The summed E-state index contributed by atoms with van der Waals surface area (Å²) in [5.41, 5.74) is 4.35. The average molecular weight is 322 g/mol. The highest BCUT2D eigenvalue weighted by Gasteiger charge is 2.23. The molecule has 1 aromatic carbocycles. The van der Waals surface area contributed by atoms with Crippen LogP contribution in [0.1, 0.15) is 45.9 Å². The molecular weight excluding hydrogens is 304 g/mol. The van der Waals surface area contributed by atoms with Crippen molar-refractivity contribution in [3.8, 4) is 0 Å². The number of hydrogen-bond acceptors (Lipinski definition) is 5. The Morgan fingerprint density at radius 2 is 2.08 bits per heavy atom. The number of aromatic nitrogens is 2. The number of rotatable bonds is 3. The molecule has 0 aliphatic heterocycles. The van der Waals surface area contributed by atoms with Gasteiger partial charge in [-0.1, -0.05) is 23.4 Å². The molecule has 0 spiro atoms. The molecule has 2 aromatic heterocycles. The first-order valence-corrected chi connectivity index (χ1v) is 8.22. The summed E-state index contributed by atoms with van der Waals surface area (Å²) in [4.78, 5) is 17.5. The third-order valence-electron chi connectivity index (χ3n) is 4.40. The molecule has 0 amide bonds. The highest BCUT2D eigenvalue weighted by Crippen LogP contribution is 2.30. The Hall–Kier alpha value is -2.69. The largest absolute Gasteiger partial charge is 0.454 e. The van der Waals surface area contributed by atoms with Gasteiger partial charge in [0.15, 0.2) is 12.4 Å². The van der Waals surface area contributed by atoms with Crippen molar-refractivity contribution in [1.29, 1.82) is 0 Å². The van der Waals surface area contributed by atoms with Crippen LogP contribution >= 0.6 is 0 Å². The molecule has 0 saturated carbocycles. The maximum absolute atomic E-state index is 12.8. The van der Waals surface area contributed by atoms with E-state index in [2.05, 4.69) is 5.16 Å². The molecule has 3 aromatic rings. The molecule has 0 radical (unpaired) electrons. The lowest BCUT2D eigenvalue weighted by atomic mass is 9.90. The van der Waals surface area contributed by atoms with Crippen molar-refractivity contribution in [2.75, 3.05) is 0 Å².